The van der Waals surface area contributed by atoms with Gasteiger partial charge in [-0.3, -0.25) is 0 Å². The molecule has 1 N–H and O–H groups in total. The minimum absolute atomic E-state index is 0.180. The molecule has 26 heavy (non-hydrogen) atoms. The van der Waals surface area contributed by atoms with E-state index in [-0.39, 0.29) is 11.5 Å². The molecule has 2 aliphatic rings. The molecule has 0 saturated carbocycles. The summed E-state index contributed by atoms with van der Waals surface area (Å²) in [7, 11) is 0. The number of aryl methyl sites for hydroxylation is 1. The number of benzene rings is 1. The van der Waals surface area contributed by atoms with Gasteiger partial charge in [-0.2, -0.15) is 0 Å². The lowest BCUT2D eigenvalue weighted by atomic mass is 9.68. The van der Waals surface area contributed by atoms with Crippen LogP contribution in [-0.4, -0.2) is 10.7 Å². The van der Waals surface area contributed by atoms with E-state index < -0.39 is 0 Å². The number of phenolic OH excluding ortho intramolecular Hbond substituents is 1. The van der Waals surface area contributed by atoms with Crippen LogP contribution in [0.2, 0.25) is 0 Å². The Balaban J connectivity index is 1.76. The van der Waals surface area contributed by atoms with Crippen LogP contribution in [0, 0.1) is 5.92 Å². The van der Waals surface area contributed by atoms with Crippen LogP contribution in [0.3, 0.4) is 0 Å². The topological polar surface area (TPSA) is 29.5 Å². The Morgan fingerprint density at radius 1 is 1.12 bits per heavy atom. The fourth-order valence-electron chi connectivity index (χ4n) is 4.83. The summed E-state index contributed by atoms with van der Waals surface area (Å²) in [5.41, 5.74) is 3.48. The number of hydrogen-bond acceptors (Lipinski definition) is 2. The molecule has 1 aliphatic carbocycles. The first-order valence-corrected chi connectivity index (χ1v) is 10.6. The summed E-state index contributed by atoms with van der Waals surface area (Å²) >= 11 is 0. The fourth-order valence-corrected chi connectivity index (χ4v) is 4.83. The highest BCUT2D eigenvalue weighted by Gasteiger charge is 2.45. The van der Waals surface area contributed by atoms with Crippen LogP contribution >= 0.6 is 0 Å². The van der Waals surface area contributed by atoms with E-state index >= 15 is 0 Å². The predicted octanol–water partition coefficient (Wildman–Crippen LogP) is 6.91. The molecule has 0 fully saturated rings. The minimum atomic E-state index is -0.180. The van der Waals surface area contributed by atoms with Crippen LogP contribution in [0.15, 0.2) is 23.8 Å². The number of aromatic hydroxyl groups is 1. The summed E-state index contributed by atoms with van der Waals surface area (Å²) in [6, 6.07) is 4.18. The van der Waals surface area contributed by atoms with Gasteiger partial charge in [0.1, 0.15) is 17.1 Å². The van der Waals surface area contributed by atoms with Crippen LogP contribution in [0.1, 0.15) is 96.1 Å². The molecule has 1 aliphatic heterocycles. The van der Waals surface area contributed by atoms with Crippen molar-refractivity contribution >= 4 is 0 Å². The Morgan fingerprint density at radius 2 is 1.85 bits per heavy atom. The molecule has 0 amide bonds. The molecule has 1 aromatic rings. The highest BCUT2D eigenvalue weighted by atomic mass is 16.5. The largest absolute Gasteiger partial charge is 0.507 e. The van der Waals surface area contributed by atoms with Crippen molar-refractivity contribution in [2.45, 2.75) is 97.0 Å². The second-order valence-corrected chi connectivity index (χ2v) is 8.93. The Kier molecular flexibility index (Phi) is 5.99. The highest BCUT2D eigenvalue weighted by Crippen LogP contribution is 2.53. The molecule has 0 saturated heterocycles. The predicted molar refractivity (Wildman–Crippen MR) is 109 cm³/mol. The molecule has 3 rings (SSSR count). The second-order valence-electron chi connectivity index (χ2n) is 8.93. The van der Waals surface area contributed by atoms with E-state index in [2.05, 4.69) is 39.8 Å². The maximum absolute atomic E-state index is 10.8. The van der Waals surface area contributed by atoms with Crippen molar-refractivity contribution < 1.29 is 9.84 Å². The number of fused-ring (bicyclic) bond motifs is 3. The zero-order valence-electron chi connectivity index (χ0n) is 17.1. The molecule has 144 valence electrons. The van der Waals surface area contributed by atoms with E-state index in [1.54, 1.807) is 0 Å². The Morgan fingerprint density at radius 3 is 2.62 bits per heavy atom. The third kappa shape index (κ3) is 4.10. The van der Waals surface area contributed by atoms with Gasteiger partial charge in [0, 0.05) is 17.4 Å². The van der Waals surface area contributed by atoms with Crippen molar-refractivity contribution in [2.24, 2.45) is 5.92 Å². The molecule has 0 bridgehead atoms. The number of ether oxygens (including phenoxy) is 1. The number of phenols is 1. The molecule has 1 heterocycles. The Bertz CT molecular complexity index is 656. The Labute approximate surface area is 159 Å². The van der Waals surface area contributed by atoms with Gasteiger partial charge in [0.05, 0.1) is 0 Å². The molecule has 2 heteroatoms. The first-order valence-electron chi connectivity index (χ1n) is 10.6. The SMILES string of the molecule is CCCCCCCCc1cc(O)c2c(c1)OC(C)(C)[C@@H]1CCC(C)=C[C@@H]21. The summed E-state index contributed by atoms with van der Waals surface area (Å²) < 4.78 is 6.42. The monoisotopic (exact) mass is 356 g/mol. The number of rotatable bonds is 7. The van der Waals surface area contributed by atoms with Crippen LogP contribution < -0.4 is 4.74 Å². The van der Waals surface area contributed by atoms with Crippen LogP contribution in [0.5, 0.6) is 11.5 Å². The molecule has 1 aromatic carbocycles. The summed E-state index contributed by atoms with van der Waals surface area (Å²) in [6.45, 7) is 8.88. The first-order chi connectivity index (χ1) is 12.4. The van der Waals surface area contributed by atoms with Gasteiger partial charge < -0.3 is 9.84 Å². The van der Waals surface area contributed by atoms with E-state index in [0.29, 0.717) is 11.7 Å². The van der Waals surface area contributed by atoms with Crippen molar-refractivity contribution in [1.29, 1.82) is 0 Å². The van der Waals surface area contributed by atoms with Gasteiger partial charge in [-0.15, -0.1) is 0 Å². The van der Waals surface area contributed by atoms with E-state index in [1.165, 1.54) is 49.7 Å². The zero-order valence-corrected chi connectivity index (χ0v) is 17.1. The normalized spacial score (nSPS) is 23.6. The lowest BCUT2D eigenvalue weighted by molar-refractivity contribution is 0.0107. The molecule has 2 nitrogen and oxygen atoms in total. The third-order valence-electron chi connectivity index (χ3n) is 6.35. The molecular weight excluding hydrogens is 320 g/mol. The van der Waals surface area contributed by atoms with Crippen molar-refractivity contribution in [1.82, 2.24) is 0 Å². The fraction of sp³-hybridized carbons (Fsp3) is 0.667. The van der Waals surface area contributed by atoms with Gasteiger partial charge in [0.15, 0.2) is 0 Å². The third-order valence-corrected chi connectivity index (χ3v) is 6.35. The van der Waals surface area contributed by atoms with Crippen molar-refractivity contribution in [3.63, 3.8) is 0 Å². The molecule has 0 spiro atoms. The first kappa shape index (κ1) is 19.3. The van der Waals surface area contributed by atoms with Crippen molar-refractivity contribution in [3.8, 4) is 11.5 Å². The standard InChI is InChI=1S/C24H36O2/c1-5-6-7-8-9-10-11-18-15-21(25)23-19-14-17(2)12-13-20(19)24(3,4)26-22(23)16-18/h14-16,19-20,25H,5-13H2,1-4H3/t19-,20-/m1/s1. The van der Waals surface area contributed by atoms with Gasteiger partial charge in [-0.25, -0.2) is 0 Å². The average Bonchev–Trinajstić information content (AvgIpc) is 2.56. The minimum Gasteiger partial charge on any atom is -0.507 e. The molecular formula is C24H36O2. The molecule has 0 aromatic heterocycles. The highest BCUT2D eigenvalue weighted by molar-refractivity contribution is 5.53. The smallest absolute Gasteiger partial charge is 0.127 e. The maximum Gasteiger partial charge on any atom is 0.127 e. The van der Waals surface area contributed by atoms with Gasteiger partial charge >= 0.3 is 0 Å². The van der Waals surface area contributed by atoms with Crippen molar-refractivity contribution in [2.75, 3.05) is 0 Å². The lowest BCUT2D eigenvalue weighted by Crippen LogP contribution is -2.45. The maximum atomic E-state index is 10.8. The van der Waals surface area contributed by atoms with Crippen molar-refractivity contribution in [3.05, 3.63) is 34.9 Å². The van der Waals surface area contributed by atoms with E-state index in [9.17, 15) is 5.11 Å². The quantitative estimate of drug-likeness (QED) is 0.425. The van der Waals surface area contributed by atoms with E-state index in [1.807, 2.05) is 6.07 Å². The van der Waals surface area contributed by atoms with Crippen LogP contribution in [0.25, 0.3) is 0 Å². The van der Waals surface area contributed by atoms with Gasteiger partial charge in [0.25, 0.3) is 0 Å². The number of unbranched alkanes of at least 4 members (excludes halogenated alkanes) is 5. The molecule has 0 unspecified atom stereocenters. The summed E-state index contributed by atoms with van der Waals surface area (Å²) in [5, 5.41) is 10.8. The number of hydrogen-bond donors (Lipinski definition) is 1. The summed E-state index contributed by atoms with van der Waals surface area (Å²) in [6.07, 6.45) is 13.4. The Hall–Kier alpha value is -1.44. The second kappa shape index (κ2) is 8.06. The summed E-state index contributed by atoms with van der Waals surface area (Å²) in [4.78, 5) is 0. The summed E-state index contributed by atoms with van der Waals surface area (Å²) in [5.74, 6) is 2.06. The van der Waals surface area contributed by atoms with Gasteiger partial charge in [-0.05, 0) is 64.2 Å². The number of allylic oxidation sites excluding steroid dienone is 2. The van der Waals surface area contributed by atoms with Gasteiger partial charge in [0.2, 0.25) is 0 Å². The van der Waals surface area contributed by atoms with E-state index in [4.69, 9.17) is 4.74 Å². The zero-order chi connectivity index (χ0) is 18.7. The lowest BCUT2D eigenvalue weighted by Gasteiger charge is -2.46. The van der Waals surface area contributed by atoms with Crippen LogP contribution in [-0.2, 0) is 6.42 Å². The molecule has 2 atom stereocenters. The van der Waals surface area contributed by atoms with Gasteiger partial charge in [-0.1, -0.05) is 50.7 Å². The average molecular weight is 357 g/mol. The molecule has 0 radical (unpaired) electrons. The van der Waals surface area contributed by atoms with Crippen LogP contribution in [0.4, 0.5) is 0 Å². The van der Waals surface area contributed by atoms with E-state index in [0.717, 1.165) is 30.6 Å².